The molecule has 122 valence electrons. The molecule has 3 heteroatoms. The summed E-state index contributed by atoms with van der Waals surface area (Å²) in [6.07, 6.45) is 5.12. The Hall–Kier alpha value is -1.42. The fourth-order valence-corrected chi connectivity index (χ4v) is 6.69. The Morgan fingerprint density at radius 3 is 1.83 bits per heavy atom. The molecule has 0 aliphatic carbocycles. The van der Waals surface area contributed by atoms with Crippen molar-refractivity contribution in [3.05, 3.63) is 60.7 Å². The normalized spacial score (nSPS) is 16.4. The maximum absolute atomic E-state index is 11.6. The summed E-state index contributed by atoms with van der Waals surface area (Å²) in [6.45, 7) is 3.59. The highest BCUT2D eigenvalue weighted by molar-refractivity contribution is 6.96. The van der Waals surface area contributed by atoms with Gasteiger partial charge in [0.05, 0.1) is 0 Å². The van der Waals surface area contributed by atoms with Crippen LogP contribution < -0.4 is 10.4 Å². The van der Waals surface area contributed by atoms with E-state index in [0.29, 0.717) is 0 Å². The van der Waals surface area contributed by atoms with E-state index in [1.54, 1.807) is 0 Å². The van der Waals surface area contributed by atoms with Crippen LogP contribution in [0.2, 0.25) is 6.04 Å². The third-order valence-corrected chi connectivity index (χ3v) is 8.62. The summed E-state index contributed by atoms with van der Waals surface area (Å²) in [6, 6.07) is 21.5. The van der Waals surface area contributed by atoms with E-state index in [9.17, 15) is 4.80 Å². The van der Waals surface area contributed by atoms with Crippen LogP contribution in [0.15, 0.2) is 60.7 Å². The van der Waals surface area contributed by atoms with Gasteiger partial charge in [0.1, 0.15) is 0 Å². The third-order valence-electron chi connectivity index (χ3n) is 4.96. The van der Waals surface area contributed by atoms with Crippen LogP contribution in [-0.2, 0) is 0 Å². The van der Waals surface area contributed by atoms with Gasteiger partial charge in [-0.15, -0.1) is 0 Å². The molecule has 0 aromatic heterocycles. The van der Waals surface area contributed by atoms with Crippen molar-refractivity contribution in [1.29, 1.82) is 0 Å². The lowest BCUT2D eigenvalue weighted by atomic mass is 10.1. The van der Waals surface area contributed by atoms with Crippen molar-refractivity contribution in [1.82, 2.24) is 4.90 Å². The summed E-state index contributed by atoms with van der Waals surface area (Å²) in [5, 5.41) is 2.26. The minimum atomic E-state index is -2.61. The number of hydrogen-bond acceptors (Lipinski definition) is 2. The van der Waals surface area contributed by atoms with Crippen LogP contribution in [0.3, 0.4) is 0 Å². The van der Waals surface area contributed by atoms with Crippen LogP contribution in [0.5, 0.6) is 0 Å². The van der Waals surface area contributed by atoms with E-state index in [0.717, 1.165) is 29.4 Å². The molecule has 1 aliphatic rings. The van der Waals surface area contributed by atoms with E-state index in [-0.39, 0.29) is 0 Å². The van der Waals surface area contributed by atoms with Gasteiger partial charge in [-0.3, -0.25) is 0 Å². The molecule has 2 aromatic rings. The van der Waals surface area contributed by atoms with E-state index in [1.807, 2.05) is 36.4 Å². The van der Waals surface area contributed by atoms with E-state index in [2.05, 4.69) is 29.2 Å². The second-order valence-electron chi connectivity index (χ2n) is 6.60. The molecule has 0 atom stereocenters. The fourth-order valence-electron chi connectivity index (χ4n) is 3.62. The van der Waals surface area contributed by atoms with Crippen molar-refractivity contribution in [2.45, 2.75) is 31.7 Å². The maximum atomic E-state index is 11.6. The van der Waals surface area contributed by atoms with Gasteiger partial charge < -0.3 is 9.70 Å². The molecule has 2 aromatic carbocycles. The summed E-state index contributed by atoms with van der Waals surface area (Å²) in [5.41, 5.74) is 0. The first-order valence-corrected chi connectivity index (χ1v) is 11.0. The van der Waals surface area contributed by atoms with Gasteiger partial charge in [0.2, 0.25) is 0 Å². The highest BCUT2D eigenvalue weighted by atomic mass is 28.4. The van der Waals surface area contributed by atoms with Crippen LogP contribution in [0.4, 0.5) is 0 Å². The van der Waals surface area contributed by atoms with Crippen LogP contribution in [-0.4, -0.2) is 37.6 Å². The Morgan fingerprint density at radius 2 is 1.30 bits per heavy atom. The molecule has 0 unspecified atom stereocenters. The minimum absolute atomic E-state index is 0.900. The molecule has 0 amide bonds. The number of hydrogen-bond donors (Lipinski definition) is 1. The molecule has 1 N–H and O–H groups in total. The number of rotatable bonds is 6. The van der Waals surface area contributed by atoms with Crippen molar-refractivity contribution in [3.8, 4) is 0 Å². The summed E-state index contributed by atoms with van der Waals surface area (Å²) in [4.78, 5) is 14.2. The monoisotopic (exact) mass is 325 g/mol. The van der Waals surface area contributed by atoms with Gasteiger partial charge in [0.25, 0.3) is 8.32 Å². The quantitative estimate of drug-likeness (QED) is 0.825. The zero-order valence-electron chi connectivity index (χ0n) is 13.8. The van der Waals surface area contributed by atoms with E-state index in [4.69, 9.17) is 0 Å². The molecular weight excluding hydrogens is 298 g/mol. The van der Waals surface area contributed by atoms with E-state index < -0.39 is 8.32 Å². The fraction of sp³-hybridized carbons (Fsp3) is 0.400. The number of piperidine rings is 1. The van der Waals surface area contributed by atoms with Crippen LogP contribution in [0.25, 0.3) is 0 Å². The Bertz CT molecular complexity index is 542. The van der Waals surface area contributed by atoms with Crippen LogP contribution in [0.1, 0.15) is 25.7 Å². The predicted octanol–water partition coefficient (Wildman–Crippen LogP) is 2.61. The summed E-state index contributed by atoms with van der Waals surface area (Å²) in [5.74, 6) is 0. The van der Waals surface area contributed by atoms with Crippen molar-refractivity contribution in [2.75, 3.05) is 19.6 Å². The smallest absolute Gasteiger partial charge is 0.252 e. The average molecular weight is 326 g/mol. The molecular formula is C20H27NOSi. The van der Waals surface area contributed by atoms with Crippen LogP contribution in [0, 0.1) is 0 Å². The third kappa shape index (κ3) is 4.11. The minimum Gasteiger partial charge on any atom is -0.424 e. The molecule has 0 saturated carbocycles. The summed E-state index contributed by atoms with van der Waals surface area (Å²) < 4.78 is 0. The molecule has 0 bridgehead atoms. The molecule has 23 heavy (non-hydrogen) atoms. The largest absolute Gasteiger partial charge is 0.424 e. The Kier molecular flexibility index (Phi) is 5.65. The van der Waals surface area contributed by atoms with Crippen LogP contribution >= 0.6 is 0 Å². The molecule has 0 spiro atoms. The highest BCUT2D eigenvalue weighted by Crippen LogP contribution is 2.14. The maximum Gasteiger partial charge on any atom is 0.252 e. The summed E-state index contributed by atoms with van der Waals surface area (Å²) in [7, 11) is -2.61. The second-order valence-corrected chi connectivity index (χ2v) is 9.97. The molecule has 1 saturated heterocycles. The standard InChI is InChI=1S/C20H27NOSi/c22-23(19-11-4-1-5-12-19,20-13-6-2-7-14-20)18-10-17-21-15-8-3-9-16-21/h1-2,4-7,11-14,22H,3,8-10,15-18H2. The first-order valence-electron chi connectivity index (χ1n) is 8.85. The topological polar surface area (TPSA) is 23.5 Å². The molecule has 1 heterocycles. The first-order chi connectivity index (χ1) is 11.3. The lowest BCUT2D eigenvalue weighted by Gasteiger charge is -2.30. The zero-order chi connectivity index (χ0) is 16.0. The number of nitrogens with zero attached hydrogens (tertiary/aromatic N) is 1. The summed E-state index contributed by atoms with van der Waals surface area (Å²) >= 11 is 0. The number of likely N-dealkylation sites (tertiary alicyclic amines) is 1. The van der Waals surface area contributed by atoms with Gasteiger partial charge >= 0.3 is 0 Å². The predicted molar refractivity (Wildman–Crippen MR) is 99.8 cm³/mol. The van der Waals surface area contributed by atoms with Gasteiger partial charge in [0, 0.05) is 0 Å². The van der Waals surface area contributed by atoms with Crippen molar-refractivity contribution >= 4 is 18.7 Å². The number of benzene rings is 2. The second kappa shape index (κ2) is 7.91. The van der Waals surface area contributed by atoms with Crippen molar-refractivity contribution < 1.29 is 4.80 Å². The van der Waals surface area contributed by atoms with Gasteiger partial charge in [-0.2, -0.15) is 0 Å². The van der Waals surface area contributed by atoms with E-state index >= 15 is 0 Å². The average Bonchev–Trinajstić information content (AvgIpc) is 2.64. The lowest BCUT2D eigenvalue weighted by molar-refractivity contribution is 0.228. The first kappa shape index (κ1) is 16.4. The lowest BCUT2D eigenvalue weighted by Crippen LogP contribution is -2.58. The van der Waals surface area contributed by atoms with Gasteiger partial charge in [0.15, 0.2) is 0 Å². The van der Waals surface area contributed by atoms with E-state index in [1.165, 1.54) is 32.4 Å². The molecule has 1 fully saturated rings. The Labute approximate surface area is 140 Å². The molecule has 3 rings (SSSR count). The Balaban J connectivity index is 1.73. The van der Waals surface area contributed by atoms with Gasteiger partial charge in [-0.25, -0.2) is 0 Å². The molecule has 1 aliphatic heterocycles. The molecule has 2 nitrogen and oxygen atoms in total. The van der Waals surface area contributed by atoms with Gasteiger partial charge in [-0.05, 0) is 55.3 Å². The zero-order valence-corrected chi connectivity index (χ0v) is 14.8. The highest BCUT2D eigenvalue weighted by Gasteiger charge is 2.35. The van der Waals surface area contributed by atoms with Crippen molar-refractivity contribution in [2.24, 2.45) is 0 Å². The van der Waals surface area contributed by atoms with Crippen molar-refractivity contribution in [3.63, 3.8) is 0 Å². The van der Waals surface area contributed by atoms with Gasteiger partial charge in [-0.1, -0.05) is 67.1 Å². The molecule has 0 radical (unpaired) electrons. The Morgan fingerprint density at radius 1 is 0.783 bits per heavy atom. The SMILES string of the molecule is O[Si](CCCN1CCCCC1)(c1ccccc1)c1ccccc1.